The number of rotatable bonds is 1. The highest BCUT2D eigenvalue weighted by Gasteiger charge is 2.44. The molecule has 128 valence electrons. The molecular formula is C16H21F3N2O2. The Labute approximate surface area is 133 Å². The number of ether oxygens (including phenoxy) is 1. The number of hydrogen-bond donors (Lipinski definition) is 1. The first-order chi connectivity index (χ1) is 10.7. The smallest absolute Gasteiger partial charge is 0.390 e. The summed E-state index contributed by atoms with van der Waals surface area (Å²) in [6.45, 7) is 3.49. The fourth-order valence-corrected chi connectivity index (χ4v) is 3.54. The molecule has 7 heteroatoms. The van der Waals surface area contributed by atoms with E-state index in [1.807, 2.05) is 11.8 Å². The maximum absolute atomic E-state index is 12.8. The van der Waals surface area contributed by atoms with Gasteiger partial charge in [0.05, 0.1) is 17.8 Å². The summed E-state index contributed by atoms with van der Waals surface area (Å²) in [5.74, 6) is 0.345. The van der Waals surface area contributed by atoms with Gasteiger partial charge in [0.2, 0.25) is 0 Å². The summed E-state index contributed by atoms with van der Waals surface area (Å²) in [6.07, 6.45) is -1.88. The molecule has 4 nitrogen and oxygen atoms in total. The van der Waals surface area contributed by atoms with E-state index in [0.717, 1.165) is 6.07 Å². The van der Waals surface area contributed by atoms with Crippen LogP contribution in [0.1, 0.15) is 38.3 Å². The van der Waals surface area contributed by atoms with E-state index in [-0.39, 0.29) is 5.60 Å². The minimum Gasteiger partial charge on any atom is -0.390 e. The second kappa shape index (κ2) is 5.63. The van der Waals surface area contributed by atoms with Crippen molar-refractivity contribution in [1.29, 1.82) is 0 Å². The largest absolute Gasteiger partial charge is 0.433 e. The molecule has 1 aromatic heterocycles. The summed E-state index contributed by atoms with van der Waals surface area (Å²) >= 11 is 0. The average molecular weight is 330 g/mol. The van der Waals surface area contributed by atoms with Crippen LogP contribution in [0.5, 0.6) is 0 Å². The van der Waals surface area contributed by atoms with Crippen LogP contribution in [0.4, 0.5) is 19.0 Å². The van der Waals surface area contributed by atoms with Crippen molar-refractivity contribution < 1.29 is 23.0 Å². The fraction of sp³-hybridized carbons (Fsp3) is 0.688. The highest BCUT2D eigenvalue weighted by Crippen LogP contribution is 2.40. The number of nitrogens with zero attached hydrogens (tertiary/aromatic N) is 2. The van der Waals surface area contributed by atoms with Crippen molar-refractivity contribution in [3.63, 3.8) is 0 Å². The van der Waals surface area contributed by atoms with E-state index in [1.165, 1.54) is 6.07 Å². The molecule has 2 aliphatic rings. The van der Waals surface area contributed by atoms with Gasteiger partial charge in [0.25, 0.3) is 0 Å². The molecule has 1 aromatic rings. The highest BCUT2D eigenvalue weighted by atomic mass is 19.4. The molecule has 2 saturated heterocycles. The van der Waals surface area contributed by atoms with Gasteiger partial charge in [0.15, 0.2) is 0 Å². The standard InChI is InChI=1S/C16H21F3N2O2/c1-14(22)7-10-23-15(11-14)5-8-21(9-6-15)13-4-2-3-12(20-13)16(17,18)19/h2-4,22H,5-11H2,1H3. The summed E-state index contributed by atoms with van der Waals surface area (Å²) in [5.41, 5.74) is -1.96. The number of pyridine rings is 1. The van der Waals surface area contributed by atoms with E-state index in [2.05, 4.69) is 4.98 Å². The average Bonchev–Trinajstić information content (AvgIpc) is 2.46. The van der Waals surface area contributed by atoms with Gasteiger partial charge in [-0.15, -0.1) is 0 Å². The summed E-state index contributed by atoms with van der Waals surface area (Å²) in [4.78, 5) is 5.59. The highest BCUT2D eigenvalue weighted by molar-refractivity contribution is 5.40. The van der Waals surface area contributed by atoms with Crippen molar-refractivity contribution in [3.05, 3.63) is 23.9 Å². The van der Waals surface area contributed by atoms with Crippen molar-refractivity contribution in [2.75, 3.05) is 24.6 Å². The Morgan fingerprint density at radius 2 is 1.91 bits per heavy atom. The van der Waals surface area contributed by atoms with Crippen LogP contribution in [0.25, 0.3) is 0 Å². The molecule has 1 atom stereocenters. The van der Waals surface area contributed by atoms with Crippen LogP contribution in [0, 0.1) is 0 Å². The predicted octanol–water partition coefficient (Wildman–Crippen LogP) is 3.00. The fourth-order valence-electron chi connectivity index (χ4n) is 3.54. The Bertz CT molecular complexity index is 567. The first-order valence-electron chi connectivity index (χ1n) is 7.85. The van der Waals surface area contributed by atoms with Gasteiger partial charge in [0, 0.05) is 19.5 Å². The predicted molar refractivity (Wildman–Crippen MR) is 79.2 cm³/mol. The van der Waals surface area contributed by atoms with Crippen molar-refractivity contribution in [2.45, 2.75) is 50.0 Å². The molecule has 1 unspecified atom stereocenters. The zero-order valence-corrected chi connectivity index (χ0v) is 13.1. The van der Waals surface area contributed by atoms with Gasteiger partial charge >= 0.3 is 6.18 Å². The van der Waals surface area contributed by atoms with Crippen LogP contribution < -0.4 is 4.90 Å². The molecule has 1 spiro atoms. The Kier molecular flexibility index (Phi) is 4.04. The van der Waals surface area contributed by atoms with Crippen LogP contribution in [0.3, 0.4) is 0 Å². The first kappa shape index (κ1) is 16.5. The molecule has 0 bridgehead atoms. The normalized spacial score (nSPS) is 28.1. The van der Waals surface area contributed by atoms with Gasteiger partial charge < -0.3 is 14.7 Å². The Balaban J connectivity index is 1.70. The number of halogens is 3. The number of piperidine rings is 1. The SMILES string of the molecule is CC1(O)CCOC2(CCN(c3cccc(C(F)(F)F)n3)CC2)C1. The maximum Gasteiger partial charge on any atom is 0.433 e. The van der Waals surface area contributed by atoms with Gasteiger partial charge in [-0.3, -0.25) is 0 Å². The Morgan fingerprint density at radius 3 is 2.52 bits per heavy atom. The number of aliphatic hydroxyl groups is 1. The van der Waals surface area contributed by atoms with E-state index in [1.54, 1.807) is 6.07 Å². The number of alkyl halides is 3. The van der Waals surface area contributed by atoms with Crippen LogP contribution in [-0.2, 0) is 10.9 Å². The van der Waals surface area contributed by atoms with Crippen molar-refractivity contribution in [3.8, 4) is 0 Å². The zero-order chi connectivity index (χ0) is 16.7. The third-order valence-electron chi connectivity index (χ3n) is 4.78. The molecule has 0 aromatic carbocycles. The van der Waals surface area contributed by atoms with Crippen LogP contribution >= 0.6 is 0 Å². The lowest BCUT2D eigenvalue weighted by Gasteiger charge is -2.48. The van der Waals surface area contributed by atoms with Gasteiger partial charge in [0.1, 0.15) is 11.5 Å². The molecule has 1 N–H and O–H groups in total. The first-order valence-corrected chi connectivity index (χ1v) is 7.85. The second-order valence-electron chi connectivity index (χ2n) is 6.82. The number of hydrogen-bond acceptors (Lipinski definition) is 4. The van der Waals surface area contributed by atoms with Crippen LogP contribution in [-0.4, -0.2) is 41.0 Å². The summed E-state index contributed by atoms with van der Waals surface area (Å²) < 4.78 is 44.2. The lowest BCUT2D eigenvalue weighted by atomic mass is 9.78. The molecule has 3 heterocycles. The minimum absolute atomic E-state index is 0.345. The van der Waals surface area contributed by atoms with Crippen molar-refractivity contribution in [2.24, 2.45) is 0 Å². The lowest BCUT2D eigenvalue weighted by molar-refractivity contribution is -0.162. The van der Waals surface area contributed by atoms with Crippen molar-refractivity contribution >= 4 is 5.82 Å². The van der Waals surface area contributed by atoms with Gasteiger partial charge in [-0.1, -0.05) is 6.07 Å². The molecule has 0 aliphatic carbocycles. The molecule has 0 amide bonds. The topological polar surface area (TPSA) is 45.6 Å². The summed E-state index contributed by atoms with van der Waals surface area (Å²) in [5, 5.41) is 10.3. The van der Waals surface area contributed by atoms with Crippen LogP contribution in [0.15, 0.2) is 18.2 Å². The minimum atomic E-state index is -4.43. The lowest BCUT2D eigenvalue weighted by Crippen LogP contribution is -2.53. The second-order valence-corrected chi connectivity index (χ2v) is 6.82. The molecular weight excluding hydrogens is 309 g/mol. The van der Waals surface area contributed by atoms with Crippen molar-refractivity contribution in [1.82, 2.24) is 4.98 Å². The van der Waals surface area contributed by atoms with E-state index in [0.29, 0.717) is 51.2 Å². The van der Waals surface area contributed by atoms with Crippen LogP contribution in [0.2, 0.25) is 0 Å². The van der Waals surface area contributed by atoms with E-state index in [4.69, 9.17) is 4.74 Å². The number of aromatic nitrogens is 1. The van der Waals surface area contributed by atoms with Gasteiger partial charge in [-0.25, -0.2) is 4.98 Å². The molecule has 0 radical (unpaired) electrons. The molecule has 2 fully saturated rings. The maximum atomic E-state index is 12.8. The van der Waals surface area contributed by atoms with Gasteiger partial charge in [-0.05, 0) is 38.3 Å². The molecule has 2 aliphatic heterocycles. The number of anilines is 1. The summed E-state index contributed by atoms with van der Waals surface area (Å²) in [7, 11) is 0. The third-order valence-corrected chi connectivity index (χ3v) is 4.78. The Hall–Kier alpha value is -1.34. The summed E-state index contributed by atoms with van der Waals surface area (Å²) in [6, 6.07) is 3.97. The van der Waals surface area contributed by atoms with E-state index >= 15 is 0 Å². The Morgan fingerprint density at radius 1 is 1.22 bits per heavy atom. The van der Waals surface area contributed by atoms with E-state index in [9.17, 15) is 18.3 Å². The molecule has 23 heavy (non-hydrogen) atoms. The molecule has 3 rings (SSSR count). The van der Waals surface area contributed by atoms with Gasteiger partial charge in [-0.2, -0.15) is 13.2 Å². The monoisotopic (exact) mass is 330 g/mol. The zero-order valence-electron chi connectivity index (χ0n) is 13.1. The third kappa shape index (κ3) is 3.61. The quantitative estimate of drug-likeness (QED) is 0.860. The molecule has 0 saturated carbocycles. The van der Waals surface area contributed by atoms with E-state index < -0.39 is 17.5 Å².